The van der Waals surface area contributed by atoms with Crippen LogP contribution in [0.5, 0.6) is 5.75 Å². The summed E-state index contributed by atoms with van der Waals surface area (Å²) in [6, 6.07) is 8.15. The van der Waals surface area contributed by atoms with E-state index >= 15 is 0 Å². The van der Waals surface area contributed by atoms with E-state index in [0.29, 0.717) is 12.3 Å². The zero-order valence-corrected chi connectivity index (χ0v) is 9.58. The number of hydrogen-bond acceptors (Lipinski definition) is 2. The summed E-state index contributed by atoms with van der Waals surface area (Å²) in [6.07, 6.45) is 1.54. The number of benzene rings is 1. The molecule has 15 heavy (non-hydrogen) atoms. The second kappa shape index (κ2) is 5.41. The molecule has 1 rings (SSSR count). The zero-order chi connectivity index (χ0) is 11.3. The lowest BCUT2D eigenvalue weighted by atomic mass is 9.95. The van der Waals surface area contributed by atoms with Gasteiger partial charge in [-0.3, -0.25) is 0 Å². The smallest absolute Gasteiger partial charge is 0.122 e. The molecule has 1 unspecified atom stereocenters. The normalized spacial score (nSPS) is 11.9. The highest BCUT2D eigenvalue weighted by molar-refractivity contribution is 5.40. The van der Waals surface area contributed by atoms with Crippen molar-refractivity contribution in [3.05, 3.63) is 29.3 Å². The van der Waals surface area contributed by atoms with Gasteiger partial charge in [-0.15, -0.1) is 0 Å². The van der Waals surface area contributed by atoms with Crippen LogP contribution in [-0.4, -0.2) is 7.11 Å². The van der Waals surface area contributed by atoms with Gasteiger partial charge in [0.1, 0.15) is 5.75 Å². The average molecular weight is 203 g/mol. The van der Waals surface area contributed by atoms with E-state index in [-0.39, 0.29) is 0 Å². The summed E-state index contributed by atoms with van der Waals surface area (Å²) < 4.78 is 5.32. The molecule has 1 aromatic carbocycles. The van der Waals surface area contributed by atoms with Crippen molar-refractivity contribution >= 4 is 0 Å². The Hall–Kier alpha value is -1.49. The van der Waals surface area contributed by atoms with E-state index in [9.17, 15) is 0 Å². The van der Waals surface area contributed by atoms with Crippen LogP contribution >= 0.6 is 0 Å². The molecule has 0 radical (unpaired) electrons. The monoisotopic (exact) mass is 203 g/mol. The van der Waals surface area contributed by atoms with Gasteiger partial charge < -0.3 is 4.74 Å². The highest BCUT2D eigenvalue weighted by atomic mass is 16.5. The maximum atomic E-state index is 8.65. The van der Waals surface area contributed by atoms with Crippen molar-refractivity contribution in [2.75, 3.05) is 7.11 Å². The molecule has 0 aliphatic rings. The Morgan fingerprint density at radius 3 is 2.73 bits per heavy atom. The van der Waals surface area contributed by atoms with Crippen LogP contribution in [0.1, 0.15) is 37.3 Å². The van der Waals surface area contributed by atoms with Crippen molar-refractivity contribution in [3.8, 4) is 11.8 Å². The lowest BCUT2D eigenvalue weighted by Crippen LogP contribution is -1.98. The molecule has 0 N–H and O–H groups in total. The Labute approximate surface area is 91.5 Å². The van der Waals surface area contributed by atoms with Crippen LogP contribution in [0.4, 0.5) is 0 Å². The standard InChI is InChI=1S/C13H17NO/c1-4-10(2)12-9-11(7-8-14)5-6-13(12)15-3/h5-6,9-10H,4,7H2,1-3H3. The Bertz CT molecular complexity index is 365. The highest BCUT2D eigenvalue weighted by Crippen LogP contribution is 2.29. The van der Waals surface area contributed by atoms with Crippen LogP contribution in [0, 0.1) is 11.3 Å². The van der Waals surface area contributed by atoms with E-state index in [1.165, 1.54) is 5.56 Å². The molecular weight excluding hydrogens is 186 g/mol. The van der Waals surface area contributed by atoms with Gasteiger partial charge in [0, 0.05) is 0 Å². The summed E-state index contributed by atoms with van der Waals surface area (Å²) in [5.41, 5.74) is 2.27. The number of nitriles is 1. The van der Waals surface area contributed by atoms with Crippen LogP contribution in [0.2, 0.25) is 0 Å². The van der Waals surface area contributed by atoms with E-state index in [1.807, 2.05) is 12.1 Å². The molecule has 0 aromatic heterocycles. The molecule has 0 bridgehead atoms. The van der Waals surface area contributed by atoms with Crippen molar-refractivity contribution in [2.45, 2.75) is 32.6 Å². The van der Waals surface area contributed by atoms with Gasteiger partial charge in [-0.2, -0.15) is 5.26 Å². The van der Waals surface area contributed by atoms with Crippen molar-refractivity contribution in [3.63, 3.8) is 0 Å². The van der Waals surface area contributed by atoms with E-state index in [2.05, 4.69) is 26.0 Å². The number of ether oxygens (including phenoxy) is 1. The predicted molar refractivity (Wildman–Crippen MR) is 61.0 cm³/mol. The Balaban J connectivity index is 3.08. The molecule has 0 saturated heterocycles. The number of hydrogen-bond donors (Lipinski definition) is 0. The van der Waals surface area contributed by atoms with Crippen molar-refractivity contribution < 1.29 is 4.74 Å². The van der Waals surface area contributed by atoms with Crippen LogP contribution in [0.25, 0.3) is 0 Å². The van der Waals surface area contributed by atoms with Gasteiger partial charge in [-0.05, 0) is 29.5 Å². The summed E-state index contributed by atoms with van der Waals surface area (Å²) in [5, 5.41) is 8.65. The minimum Gasteiger partial charge on any atom is -0.496 e. The molecule has 1 atom stereocenters. The van der Waals surface area contributed by atoms with E-state index in [1.54, 1.807) is 7.11 Å². The molecule has 0 saturated carbocycles. The van der Waals surface area contributed by atoms with Gasteiger partial charge >= 0.3 is 0 Å². The number of nitrogens with zero attached hydrogens (tertiary/aromatic N) is 1. The van der Waals surface area contributed by atoms with Crippen molar-refractivity contribution in [1.82, 2.24) is 0 Å². The topological polar surface area (TPSA) is 33.0 Å². The minimum absolute atomic E-state index is 0.466. The maximum Gasteiger partial charge on any atom is 0.122 e. The lowest BCUT2D eigenvalue weighted by molar-refractivity contribution is 0.406. The molecule has 0 aliphatic carbocycles. The third-order valence-electron chi connectivity index (χ3n) is 2.72. The zero-order valence-electron chi connectivity index (χ0n) is 9.58. The molecule has 2 nitrogen and oxygen atoms in total. The van der Waals surface area contributed by atoms with Crippen LogP contribution in [-0.2, 0) is 6.42 Å². The van der Waals surface area contributed by atoms with Crippen LogP contribution < -0.4 is 4.74 Å². The Morgan fingerprint density at radius 1 is 1.47 bits per heavy atom. The second-order valence-electron chi connectivity index (χ2n) is 3.72. The molecule has 0 heterocycles. The van der Waals surface area contributed by atoms with Crippen molar-refractivity contribution in [2.24, 2.45) is 0 Å². The SMILES string of the molecule is CCC(C)c1cc(CC#N)ccc1OC. The molecular formula is C13H17NO. The van der Waals surface area contributed by atoms with Gasteiger partial charge in [0.15, 0.2) is 0 Å². The third-order valence-corrected chi connectivity index (χ3v) is 2.72. The second-order valence-corrected chi connectivity index (χ2v) is 3.72. The average Bonchev–Trinajstić information content (AvgIpc) is 2.28. The molecule has 2 heteroatoms. The summed E-state index contributed by atoms with van der Waals surface area (Å²) in [7, 11) is 1.69. The fourth-order valence-corrected chi connectivity index (χ4v) is 1.59. The highest BCUT2D eigenvalue weighted by Gasteiger charge is 2.10. The molecule has 0 aliphatic heterocycles. The summed E-state index contributed by atoms with van der Waals surface area (Å²) in [6.45, 7) is 4.33. The number of methoxy groups -OCH3 is 1. The van der Waals surface area contributed by atoms with E-state index in [4.69, 9.17) is 10.00 Å². The van der Waals surface area contributed by atoms with Gasteiger partial charge in [0.05, 0.1) is 19.6 Å². The minimum atomic E-state index is 0.466. The first-order chi connectivity index (χ1) is 7.22. The van der Waals surface area contributed by atoms with Gasteiger partial charge in [-0.25, -0.2) is 0 Å². The van der Waals surface area contributed by atoms with E-state index in [0.717, 1.165) is 17.7 Å². The first-order valence-electron chi connectivity index (χ1n) is 5.26. The van der Waals surface area contributed by atoms with Gasteiger partial charge in [0.2, 0.25) is 0 Å². The van der Waals surface area contributed by atoms with Crippen LogP contribution in [0.15, 0.2) is 18.2 Å². The molecule has 0 spiro atoms. The van der Waals surface area contributed by atoms with Crippen molar-refractivity contribution in [1.29, 1.82) is 5.26 Å². The lowest BCUT2D eigenvalue weighted by Gasteiger charge is -2.14. The fraction of sp³-hybridized carbons (Fsp3) is 0.462. The first kappa shape index (κ1) is 11.6. The predicted octanol–water partition coefficient (Wildman–Crippen LogP) is 3.27. The Kier molecular flexibility index (Phi) is 4.17. The summed E-state index contributed by atoms with van der Waals surface area (Å²) in [5.74, 6) is 1.39. The molecule has 80 valence electrons. The van der Waals surface area contributed by atoms with Gasteiger partial charge in [0.25, 0.3) is 0 Å². The van der Waals surface area contributed by atoms with Crippen LogP contribution in [0.3, 0.4) is 0 Å². The summed E-state index contributed by atoms with van der Waals surface area (Å²) in [4.78, 5) is 0. The first-order valence-corrected chi connectivity index (χ1v) is 5.26. The fourth-order valence-electron chi connectivity index (χ4n) is 1.59. The third kappa shape index (κ3) is 2.73. The maximum absolute atomic E-state index is 8.65. The quantitative estimate of drug-likeness (QED) is 0.752. The van der Waals surface area contributed by atoms with Gasteiger partial charge in [-0.1, -0.05) is 26.0 Å². The largest absolute Gasteiger partial charge is 0.496 e. The Morgan fingerprint density at radius 2 is 2.20 bits per heavy atom. The summed E-state index contributed by atoms with van der Waals surface area (Å²) >= 11 is 0. The molecule has 0 fully saturated rings. The van der Waals surface area contributed by atoms with E-state index < -0.39 is 0 Å². The molecule has 0 amide bonds. The molecule has 1 aromatic rings. The number of rotatable bonds is 4.